The monoisotopic (exact) mass is 414 g/mol. The van der Waals surface area contributed by atoms with E-state index < -0.39 is 0 Å². The molecule has 0 amide bonds. The predicted molar refractivity (Wildman–Crippen MR) is 121 cm³/mol. The molecule has 0 fully saturated rings. The van der Waals surface area contributed by atoms with Crippen LogP contribution in [-0.2, 0) is 12.2 Å². The van der Waals surface area contributed by atoms with E-state index in [0.29, 0.717) is 6.42 Å². The van der Waals surface area contributed by atoms with E-state index in [9.17, 15) is 0 Å². The maximum absolute atomic E-state index is 5.23. The van der Waals surface area contributed by atoms with Crippen molar-refractivity contribution in [3.05, 3.63) is 107 Å². The Balaban J connectivity index is 1.59. The summed E-state index contributed by atoms with van der Waals surface area (Å²) in [6.45, 7) is 0. The second-order valence-corrected chi connectivity index (χ2v) is 7.61. The van der Waals surface area contributed by atoms with Crippen molar-refractivity contribution >= 4 is 18.0 Å². The van der Waals surface area contributed by atoms with Crippen molar-refractivity contribution in [1.29, 1.82) is 0 Å². The summed E-state index contributed by atoms with van der Waals surface area (Å²) in [5.41, 5.74) is 3.39. The summed E-state index contributed by atoms with van der Waals surface area (Å²) in [7, 11) is 1.66. The van der Waals surface area contributed by atoms with Crippen molar-refractivity contribution in [2.75, 3.05) is 7.11 Å². The van der Waals surface area contributed by atoms with Gasteiger partial charge in [0.2, 0.25) is 5.16 Å². The van der Waals surface area contributed by atoms with E-state index in [1.807, 2.05) is 71.6 Å². The van der Waals surface area contributed by atoms with Gasteiger partial charge in [-0.2, -0.15) is 9.78 Å². The second kappa shape index (κ2) is 9.89. The molecule has 4 aromatic rings. The third kappa shape index (κ3) is 5.15. The molecule has 30 heavy (non-hydrogen) atoms. The average molecular weight is 415 g/mol. The number of benzene rings is 3. The number of aromatic nitrogens is 3. The summed E-state index contributed by atoms with van der Waals surface area (Å²) >= 11 is 1.63. The largest absolute Gasteiger partial charge is 0.497 e. The van der Waals surface area contributed by atoms with Crippen molar-refractivity contribution in [3.63, 3.8) is 0 Å². The van der Waals surface area contributed by atoms with Gasteiger partial charge in [-0.3, -0.25) is 0 Å². The standard InChI is InChI=1S/C24H22N4OS/c1-29-22-14-12-20(13-15-22)17-25-28-23(16-19-8-4-2-5-9-19)26-27-24(28)30-18-21-10-6-3-7-11-21/h2-15,17H,16,18H2,1H3/b25-17+. The highest BCUT2D eigenvalue weighted by molar-refractivity contribution is 7.98. The van der Waals surface area contributed by atoms with Gasteiger partial charge < -0.3 is 4.74 Å². The zero-order valence-corrected chi connectivity index (χ0v) is 17.5. The zero-order valence-electron chi connectivity index (χ0n) is 16.7. The molecule has 0 N–H and O–H groups in total. The van der Waals surface area contributed by atoms with Crippen LogP contribution in [0.5, 0.6) is 5.75 Å². The molecule has 0 atom stereocenters. The zero-order chi connectivity index (χ0) is 20.6. The van der Waals surface area contributed by atoms with Crippen molar-refractivity contribution in [2.24, 2.45) is 5.10 Å². The van der Waals surface area contributed by atoms with E-state index in [1.54, 1.807) is 18.9 Å². The Kier molecular flexibility index (Phi) is 6.57. The van der Waals surface area contributed by atoms with Gasteiger partial charge in [0.05, 0.1) is 13.3 Å². The Morgan fingerprint density at radius 1 is 0.867 bits per heavy atom. The molecule has 0 aliphatic rings. The minimum atomic E-state index is 0.666. The molecule has 3 aromatic carbocycles. The molecule has 6 heteroatoms. The van der Waals surface area contributed by atoms with Gasteiger partial charge in [-0.1, -0.05) is 72.4 Å². The van der Waals surface area contributed by atoms with Crippen molar-refractivity contribution in [3.8, 4) is 5.75 Å². The molecule has 0 bridgehead atoms. The number of methoxy groups -OCH3 is 1. The molecule has 0 spiro atoms. The van der Waals surface area contributed by atoms with E-state index >= 15 is 0 Å². The van der Waals surface area contributed by atoms with Gasteiger partial charge in [0.15, 0.2) is 5.82 Å². The Hall–Kier alpha value is -3.38. The normalized spacial score (nSPS) is 11.1. The third-order valence-corrected chi connectivity index (χ3v) is 5.52. The first kappa shape index (κ1) is 19.9. The molecule has 0 saturated heterocycles. The van der Waals surface area contributed by atoms with Gasteiger partial charge in [0.1, 0.15) is 5.75 Å². The van der Waals surface area contributed by atoms with E-state index in [1.165, 1.54) is 11.1 Å². The topological polar surface area (TPSA) is 52.3 Å². The highest BCUT2D eigenvalue weighted by Gasteiger charge is 2.13. The van der Waals surface area contributed by atoms with Crippen LogP contribution in [0.15, 0.2) is 95.2 Å². The lowest BCUT2D eigenvalue weighted by atomic mass is 10.1. The Morgan fingerprint density at radius 2 is 1.53 bits per heavy atom. The smallest absolute Gasteiger partial charge is 0.212 e. The van der Waals surface area contributed by atoms with Crippen LogP contribution in [-0.4, -0.2) is 28.2 Å². The number of hydrogen-bond acceptors (Lipinski definition) is 5. The number of rotatable bonds is 8. The van der Waals surface area contributed by atoms with Gasteiger partial charge in [-0.25, -0.2) is 0 Å². The van der Waals surface area contributed by atoms with Crippen molar-refractivity contribution in [1.82, 2.24) is 14.9 Å². The number of thioether (sulfide) groups is 1. The van der Waals surface area contributed by atoms with Crippen LogP contribution in [0.25, 0.3) is 0 Å². The summed E-state index contributed by atoms with van der Waals surface area (Å²) < 4.78 is 7.06. The lowest BCUT2D eigenvalue weighted by molar-refractivity contribution is 0.415. The van der Waals surface area contributed by atoms with Crippen LogP contribution in [0, 0.1) is 0 Å². The molecule has 0 radical (unpaired) electrons. The first-order valence-electron chi connectivity index (χ1n) is 9.65. The first-order valence-corrected chi connectivity index (χ1v) is 10.6. The van der Waals surface area contributed by atoms with Crippen LogP contribution in [0.2, 0.25) is 0 Å². The molecule has 1 heterocycles. The van der Waals surface area contributed by atoms with Gasteiger partial charge in [0, 0.05) is 12.2 Å². The highest BCUT2D eigenvalue weighted by atomic mass is 32.2. The quantitative estimate of drug-likeness (QED) is 0.299. The van der Waals surface area contributed by atoms with Gasteiger partial charge >= 0.3 is 0 Å². The summed E-state index contributed by atoms with van der Waals surface area (Å²) in [6.07, 6.45) is 2.49. The average Bonchev–Trinajstić information content (AvgIpc) is 3.19. The van der Waals surface area contributed by atoms with Gasteiger partial charge in [0.25, 0.3) is 0 Å². The van der Waals surface area contributed by atoms with Crippen LogP contribution >= 0.6 is 11.8 Å². The Labute approximate surface area is 180 Å². The maximum Gasteiger partial charge on any atom is 0.212 e. The number of nitrogens with zero attached hydrogens (tertiary/aromatic N) is 4. The molecule has 150 valence electrons. The summed E-state index contributed by atoms with van der Waals surface area (Å²) in [5.74, 6) is 2.43. The van der Waals surface area contributed by atoms with Crippen LogP contribution in [0.1, 0.15) is 22.5 Å². The minimum absolute atomic E-state index is 0.666. The summed E-state index contributed by atoms with van der Waals surface area (Å²) in [5, 5.41) is 14.3. The molecule has 4 rings (SSSR count). The van der Waals surface area contributed by atoms with Crippen LogP contribution in [0.4, 0.5) is 0 Å². The molecule has 1 aromatic heterocycles. The van der Waals surface area contributed by atoms with Gasteiger partial charge in [-0.15, -0.1) is 10.2 Å². The summed E-state index contributed by atoms with van der Waals surface area (Å²) in [6, 6.07) is 28.4. The predicted octanol–water partition coefficient (Wildman–Crippen LogP) is 5.05. The van der Waals surface area contributed by atoms with E-state index in [4.69, 9.17) is 9.84 Å². The Bertz CT molecular complexity index is 1090. The fourth-order valence-electron chi connectivity index (χ4n) is 2.93. The molecule has 0 aliphatic carbocycles. The minimum Gasteiger partial charge on any atom is -0.497 e. The van der Waals surface area contributed by atoms with Crippen LogP contribution in [0.3, 0.4) is 0 Å². The van der Waals surface area contributed by atoms with Gasteiger partial charge in [-0.05, 0) is 41.0 Å². The Morgan fingerprint density at radius 3 is 2.20 bits per heavy atom. The highest BCUT2D eigenvalue weighted by Crippen LogP contribution is 2.23. The molecule has 0 saturated carbocycles. The maximum atomic E-state index is 5.23. The lowest BCUT2D eigenvalue weighted by Gasteiger charge is -2.05. The molecular weight excluding hydrogens is 392 g/mol. The first-order chi connectivity index (χ1) is 14.8. The van der Waals surface area contributed by atoms with Crippen molar-refractivity contribution < 1.29 is 4.74 Å². The molecular formula is C24H22N4OS. The van der Waals surface area contributed by atoms with Crippen LogP contribution < -0.4 is 4.74 Å². The van der Waals surface area contributed by atoms with Crippen molar-refractivity contribution in [2.45, 2.75) is 17.3 Å². The third-order valence-electron chi connectivity index (χ3n) is 4.53. The fraction of sp³-hybridized carbons (Fsp3) is 0.125. The fourth-order valence-corrected chi connectivity index (χ4v) is 3.79. The molecule has 0 unspecified atom stereocenters. The second-order valence-electron chi connectivity index (χ2n) is 6.66. The molecule has 0 aliphatic heterocycles. The number of hydrogen-bond donors (Lipinski definition) is 0. The van der Waals surface area contributed by atoms with E-state index in [-0.39, 0.29) is 0 Å². The number of ether oxygens (including phenoxy) is 1. The SMILES string of the molecule is COc1ccc(/C=N/n2c(Cc3ccccc3)nnc2SCc2ccccc2)cc1. The molecule has 5 nitrogen and oxygen atoms in total. The summed E-state index contributed by atoms with van der Waals surface area (Å²) in [4.78, 5) is 0. The lowest BCUT2D eigenvalue weighted by Crippen LogP contribution is -2.01. The van der Waals surface area contributed by atoms with E-state index in [0.717, 1.165) is 28.0 Å². The van der Waals surface area contributed by atoms with E-state index in [2.05, 4.69) is 34.5 Å².